The fourth-order valence-electron chi connectivity index (χ4n) is 3.35. The van der Waals surface area contributed by atoms with Crippen LogP contribution in [-0.2, 0) is 16.0 Å². The summed E-state index contributed by atoms with van der Waals surface area (Å²) in [6.45, 7) is 1.42. The van der Waals surface area contributed by atoms with Crippen molar-refractivity contribution in [3.05, 3.63) is 82.5 Å². The molecule has 0 bridgehead atoms. The molecular formula is C23H15F3N4O3S. The molecule has 0 saturated heterocycles. The van der Waals surface area contributed by atoms with Gasteiger partial charge in [0.2, 0.25) is 0 Å². The molecule has 34 heavy (non-hydrogen) atoms. The van der Waals surface area contributed by atoms with Crippen molar-refractivity contribution < 1.29 is 21.6 Å². The van der Waals surface area contributed by atoms with Crippen molar-refractivity contribution in [1.29, 1.82) is 5.26 Å². The molecule has 0 aliphatic rings. The third-order valence-corrected chi connectivity index (χ3v) is 6.94. The number of rotatable bonds is 4. The van der Waals surface area contributed by atoms with E-state index in [1.54, 1.807) is 24.3 Å². The summed E-state index contributed by atoms with van der Waals surface area (Å²) in [5.41, 5.74) is -0.458. The van der Waals surface area contributed by atoms with E-state index in [2.05, 4.69) is 9.97 Å². The van der Waals surface area contributed by atoms with Crippen LogP contribution in [0.25, 0.3) is 27.8 Å². The summed E-state index contributed by atoms with van der Waals surface area (Å²) < 4.78 is 66.0. The Morgan fingerprint density at radius 3 is 2.35 bits per heavy atom. The number of hydrogen-bond acceptors (Lipinski definition) is 6. The van der Waals surface area contributed by atoms with Crippen molar-refractivity contribution in [2.24, 2.45) is 0 Å². The lowest BCUT2D eigenvalue weighted by atomic mass is 10.1. The summed E-state index contributed by atoms with van der Waals surface area (Å²) in [6, 6.07) is 12.3. The van der Waals surface area contributed by atoms with Gasteiger partial charge in [-0.05, 0) is 42.0 Å². The third-order valence-electron chi connectivity index (χ3n) is 5.21. The summed E-state index contributed by atoms with van der Waals surface area (Å²) in [5.74, 6) is -0.567. The fraction of sp³-hybridized carbons (Fsp3) is 0.130. The predicted octanol–water partition coefficient (Wildman–Crippen LogP) is 4.13. The van der Waals surface area contributed by atoms with Gasteiger partial charge in [0.05, 0.1) is 33.9 Å². The van der Waals surface area contributed by atoms with E-state index in [1.165, 1.54) is 19.2 Å². The quantitative estimate of drug-likeness (QED) is 0.431. The number of nitriles is 1. The molecule has 7 nitrogen and oxygen atoms in total. The van der Waals surface area contributed by atoms with E-state index < -0.39 is 27.1 Å². The number of fused-ring (bicyclic) bond motifs is 1. The second-order valence-corrected chi connectivity index (χ2v) is 9.53. The lowest BCUT2D eigenvalue weighted by molar-refractivity contribution is -0.137. The maximum absolute atomic E-state index is 13.2. The molecule has 0 amide bonds. The van der Waals surface area contributed by atoms with Crippen LogP contribution in [0.2, 0.25) is 0 Å². The van der Waals surface area contributed by atoms with Crippen molar-refractivity contribution in [3.63, 3.8) is 0 Å². The van der Waals surface area contributed by atoms with Crippen LogP contribution in [0.5, 0.6) is 0 Å². The monoisotopic (exact) mass is 484 g/mol. The standard InChI is InChI=1S/C23H15F3N4O3S/c1-2-34(32,33)20-9-16(15-5-3-14(11-27)4-6-15)12-28-21(20)30-13-29-19-8-7-17(23(24,25)26)10-18(19)22(30)31/h3-10,12-13H,2H2,1H3. The molecule has 4 rings (SSSR count). The van der Waals surface area contributed by atoms with Crippen LogP contribution in [0.4, 0.5) is 13.2 Å². The molecule has 2 heterocycles. The number of halogens is 3. The van der Waals surface area contributed by atoms with Gasteiger partial charge < -0.3 is 0 Å². The van der Waals surface area contributed by atoms with Gasteiger partial charge in [-0.1, -0.05) is 19.1 Å². The van der Waals surface area contributed by atoms with Gasteiger partial charge in [0.1, 0.15) is 11.2 Å². The Morgan fingerprint density at radius 1 is 1.03 bits per heavy atom. The number of alkyl halides is 3. The Hall–Kier alpha value is -4.04. The molecular weight excluding hydrogens is 469 g/mol. The van der Waals surface area contributed by atoms with Gasteiger partial charge in [0.25, 0.3) is 5.56 Å². The lowest BCUT2D eigenvalue weighted by Gasteiger charge is -2.13. The largest absolute Gasteiger partial charge is 0.416 e. The molecule has 172 valence electrons. The fourth-order valence-corrected chi connectivity index (χ4v) is 4.39. The van der Waals surface area contributed by atoms with Gasteiger partial charge in [-0.3, -0.25) is 4.79 Å². The van der Waals surface area contributed by atoms with E-state index in [0.29, 0.717) is 22.8 Å². The molecule has 0 unspecified atom stereocenters. The van der Waals surface area contributed by atoms with E-state index in [4.69, 9.17) is 5.26 Å². The van der Waals surface area contributed by atoms with Gasteiger partial charge in [0.15, 0.2) is 15.7 Å². The highest BCUT2D eigenvalue weighted by molar-refractivity contribution is 7.91. The number of hydrogen-bond donors (Lipinski definition) is 0. The molecule has 0 atom stereocenters. The number of aromatic nitrogens is 3. The maximum Gasteiger partial charge on any atom is 0.416 e. The topological polar surface area (TPSA) is 106 Å². The van der Waals surface area contributed by atoms with Crippen molar-refractivity contribution in [2.75, 3.05) is 5.75 Å². The molecule has 0 fully saturated rings. The van der Waals surface area contributed by atoms with E-state index in [0.717, 1.165) is 23.0 Å². The van der Waals surface area contributed by atoms with E-state index in [1.807, 2.05) is 6.07 Å². The molecule has 0 spiro atoms. The third kappa shape index (κ3) is 4.15. The van der Waals surface area contributed by atoms with Crippen LogP contribution < -0.4 is 5.56 Å². The zero-order valence-corrected chi connectivity index (χ0v) is 18.4. The second kappa shape index (κ2) is 8.39. The SMILES string of the molecule is CCS(=O)(=O)c1cc(-c2ccc(C#N)cc2)cnc1-n1cnc2ccc(C(F)(F)F)cc2c1=O. The molecule has 0 aliphatic carbocycles. The first-order valence-electron chi connectivity index (χ1n) is 9.87. The second-order valence-electron chi connectivity index (χ2n) is 7.29. The average molecular weight is 484 g/mol. The summed E-state index contributed by atoms with van der Waals surface area (Å²) in [5, 5.41) is 8.64. The van der Waals surface area contributed by atoms with E-state index in [-0.39, 0.29) is 27.4 Å². The van der Waals surface area contributed by atoms with Crippen LogP contribution in [0.3, 0.4) is 0 Å². The maximum atomic E-state index is 13.2. The van der Waals surface area contributed by atoms with E-state index >= 15 is 0 Å². The molecule has 11 heteroatoms. The highest BCUT2D eigenvalue weighted by atomic mass is 32.2. The van der Waals surface area contributed by atoms with E-state index in [9.17, 15) is 26.4 Å². The van der Waals surface area contributed by atoms with Crippen LogP contribution in [-0.4, -0.2) is 28.7 Å². The molecule has 0 N–H and O–H groups in total. The summed E-state index contributed by atoms with van der Waals surface area (Å²) in [7, 11) is -3.90. The molecule has 2 aromatic carbocycles. The molecule has 0 aliphatic heterocycles. The number of sulfone groups is 1. The first kappa shape index (κ1) is 23.1. The Balaban J connectivity index is 1.95. The minimum Gasteiger partial charge on any atom is -0.268 e. The van der Waals surface area contributed by atoms with Gasteiger partial charge in [-0.15, -0.1) is 0 Å². The van der Waals surface area contributed by atoms with Crippen LogP contribution in [0.15, 0.2) is 70.7 Å². The van der Waals surface area contributed by atoms with Crippen LogP contribution in [0.1, 0.15) is 18.1 Å². The lowest BCUT2D eigenvalue weighted by Crippen LogP contribution is -2.23. The van der Waals surface area contributed by atoms with Gasteiger partial charge in [0, 0.05) is 11.8 Å². The number of pyridine rings is 1. The van der Waals surface area contributed by atoms with Crippen molar-refractivity contribution in [1.82, 2.24) is 14.5 Å². The highest BCUT2D eigenvalue weighted by Crippen LogP contribution is 2.31. The predicted molar refractivity (Wildman–Crippen MR) is 118 cm³/mol. The van der Waals surface area contributed by atoms with Crippen molar-refractivity contribution >= 4 is 20.7 Å². The van der Waals surface area contributed by atoms with Gasteiger partial charge in [-0.25, -0.2) is 23.0 Å². The van der Waals surface area contributed by atoms with Crippen molar-refractivity contribution in [2.45, 2.75) is 18.0 Å². The Morgan fingerprint density at radius 2 is 1.74 bits per heavy atom. The zero-order valence-electron chi connectivity index (χ0n) is 17.5. The highest BCUT2D eigenvalue weighted by Gasteiger charge is 2.31. The first-order chi connectivity index (χ1) is 16.0. The van der Waals surface area contributed by atoms with Gasteiger partial charge in [-0.2, -0.15) is 18.4 Å². The van der Waals surface area contributed by atoms with Crippen molar-refractivity contribution in [3.8, 4) is 23.0 Å². The minimum absolute atomic E-state index is 0.0309. The molecule has 0 saturated carbocycles. The minimum atomic E-state index is -4.67. The molecule has 4 aromatic rings. The Kier molecular flexibility index (Phi) is 5.70. The zero-order chi connectivity index (χ0) is 24.7. The van der Waals surface area contributed by atoms with Gasteiger partial charge >= 0.3 is 6.18 Å². The molecule has 2 aromatic heterocycles. The summed E-state index contributed by atoms with van der Waals surface area (Å²) in [6.07, 6.45) is -2.29. The first-order valence-corrected chi connectivity index (χ1v) is 11.5. The Labute approximate surface area is 191 Å². The number of benzene rings is 2. The summed E-state index contributed by atoms with van der Waals surface area (Å²) in [4.78, 5) is 21.0. The number of nitrogens with zero attached hydrogens (tertiary/aromatic N) is 4. The van der Waals surface area contributed by atoms with Crippen LogP contribution >= 0.6 is 0 Å². The molecule has 0 radical (unpaired) electrons. The average Bonchev–Trinajstić information content (AvgIpc) is 2.83. The normalized spacial score (nSPS) is 12.0. The Bertz CT molecular complexity index is 1620. The smallest absolute Gasteiger partial charge is 0.268 e. The summed E-state index contributed by atoms with van der Waals surface area (Å²) >= 11 is 0. The van der Waals surface area contributed by atoms with Crippen LogP contribution in [0, 0.1) is 11.3 Å².